The quantitative estimate of drug-likeness (QED) is 0.317. The zero-order chi connectivity index (χ0) is 21.1. The van der Waals surface area contributed by atoms with E-state index >= 15 is 0 Å². The lowest BCUT2D eigenvalue weighted by Gasteiger charge is -2.10. The fraction of sp³-hybridized carbons (Fsp3) is 0.0455. The SMILES string of the molecule is O=C(CSc1nnc(-c2ccc(Cl)cc2)c2ccccc12)Nc1ccc(Cl)cc1Cl. The zero-order valence-corrected chi connectivity index (χ0v) is 18.5. The van der Waals surface area contributed by atoms with E-state index in [0.29, 0.717) is 25.8 Å². The molecule has 1 N–H and O–H groups in total. The van der Waals surface area contributed by atoms with Gasteiger partial charge < -0.3 is 5.32 Å². The summed E-state index contributed by atoms with van der Waals surface area (Å²) in [5, 5.41) is 15.7. The number of aromatic nitrogens is 2. The Morgan fingerprint density at radius 2 is 1.57 bits per heavy atom. The number of carbonyl (C=O) groups excluding carboxylic acids is 1. The predicted molar refractivity (Wildman–Crippen MR) is 126 cm³/mol. The molecule has 1 heterocycles. The first-order valence-corrected chi connectivity index (χ1v) is 11.0. The fourth-order valence-corrected chi connectivity index (χ4v) is 4.27. The number of anilines is 1. The number of hydrogen-bond donors (Lipinski definition) is 1. The van der Waals surface area contributed by atoms with Crippen LogP contribution in [0.5, 0.6) is 0 Å². The Labute approximate surface area is 192 Å². The summed E-state index contributed by atoms with van der Waals surface area (Å²) in [5.74, 6) is -0.0327. The highest BCUT2D eigenvalue weighted by molar-refractivity contribution is 8.00. The summed E-state index contributed by atoms with van der Waals surface area (Å²) < 4.78 is 0. The van der Waals surface area contributed by atoms with E-state index in [0.717, 1.165) is 22.0 Å². The summed E-state index contributed by atoms with van der Waals surface area (Å²) in [6.45, 7) is 0. The monoisotopic (exact) mass is 473 g/mol. The summed E-state index contributed by atoms with van der Waals surface area (Å²) >= 11 is 19.3. The van der Waals surface area contributed by atoms with E-state index < -0.39 is 0 Å². The van der Waals surface area contributed by atoms with Crippen LogP contribution in [0.25, 0.3) is 22.0 Å². The van der Waals surface area contributed by atoms with Crippen molar-refractivity contribution in [3.8, 4) is 11.3 Å². The highest BCUT2D eigenvalue weighted by Gasteiger charge is 2.13. The second-order valence-electron chi connectivity index (χ2n) is 6.37. The average Bonchev–Trinajstić information content (AvgIpc) is 2.75. The standard InChI is InChI=1S/C22H14Cl3N3OS/c23-14-7-5-13(6-8-14)21-16-3-1-2-4-17(16)22(28-27-21)30-12-20(29)26-19-10-9-15(24)11-18(19)25/h1-11H,12H2,(H,26,29). The van der Waals surface area contributed by atoms with E-state index in [1.54, 1.807) is 18.2 Å². The van der Waals surface area contributed by atoms with Gasteiger partial charge in [-0.3, -0.25) is 4.79 Å². The van der Waals surface area contributed by atoms with Crippen molar-refractivity contribution in [3.63, 3.8) is 0 Å². The van der Waals surface area contributed by atoms with E-state index in [2.05, 4.69) is 15.5 Å². The predicted octanol–water partition coefficient (Wildman–Crippen LogP) is 6.99. The lowest BCUT2D eigenvalue weighted by atomic mass is 10.1. The Morgan fingerprint density at radius 1 is 0.867 bits per heavy atom. The van der Waals surface area contributed by atoms with Crippen LogP contribution in [0.15, 0.2) is 71.8 Å². The number of hydrogen-bond acceptors (Lipinski definition) is 4. The largest absolute Gasteiger partial charge is 0.324 e. The van der Waals surface area contributed by atoms with Crippen molar-refractivity contribution < 1.29 is 4.79 Å². The first-order chi connectivity index (χ1) is 14.5. The molecule has 4 aromatic rings. The van der Waals surface area contributed by atoms with Crippen molar-refractivity contribution in [2.75, 3.05) is 11.1 Å². The van der Waals surface area contributed by atoms with Crippen LogP contribution in [0, 0.1) is 0 Å². The topological polar surface area (TPSA) is 54.9 Å². The fourth-order valence-electron chi connectivity index (χ4n) is 2.92. The molecule has 0 aliphatic heterocycles. The van der Waals surface area contributed by atoms with Gasteiger partial charge in [0.05, 0.1) is 16.5 Å². The molecule has 0 saturated carbocycles. The Balaban J connectivity index is 1.55. The molecule has 0 aliphatic rings. The third kappa shape index (κ3) is 4.71. The number of fused-ring (bicyclic) bond motifs is 1. The highest BCUT2D eigenvalue weighted by atomic mass is 35.5. The minimum absolute atomic E-state index is 0.165. The minimum Gasteiger partial charge on any atom is -0.324 e. The van der Waals surface area contributed by atoms with Gasteiger partial charge in [-0.05, 0) is 30.3 Å². The van der Waals surface area contributed by atoms with Gasteiger partial charge in [0.15, 0.2) is 0 Å². The summed E-state index contributed by atoms with van der Waals surface area (Å²) in [6, 6.07) is 20.2. The van der Waals surface area contributed by atoms with Gasteiger partial charge in [-0.15, -0.1) is 10.2 Å². The number of carbonyl (C=O) groups is 1. The van der Waals surface area contributed by atoms with Gasteiger partial charge in [0, 0.05) is 26.4 Å². The molecule has 4 nitrogen and oxygen atoms in total. The van der Waals surface area contributed by atoms with Gasteiger partial charge in [-0.25, -0.2) is 0 Å². The van der Waals surface area contributed by atoms with E-state index in [4.69, 9.17) is 34.8 Å². The minimum atomic E-state index is -0.197. The first-order valence-electron chi connectivity index (χ1n) is 8.90. The van der Waals surface area contributed by atoms with Crippen LogP contribution < -0.4 is 5.32 Å². The van der Waals surface area contributed by atoms with E-state index in [-0.39, 0.29) is 11.7 Å². The van der Waals surface area contributed by atoms with Crippen molar-refractivity contribution in [1.82, 2.24) is 10.2 Å². The average molecular weight is 475 g/mol. The molecule has 30 heavy (non-hydrogen) atoms. The molecule has 0 radical (unpaired) electrons. The third-order valence-electron chi connectivity index (χ3n) is 4.32. The maximum absolute atomic E-state index is 12.4. The maximum Gasteiger partial charge on any atom is 0.234 e. The van der Waals surface area contributed by atoms with Crippen molar-refractivity contribution in [1.29, 1.82) is 0 Å². The molecular weight excluding hydrogens is 461 g/mol. The lowest BCUT2D eigenvalue weighted by Crippen LogP contribution is -2.14. The second-order valence-corrected chi connectivity index (χ2v) is 8.61. The molecule has 150 valence electrons. The van der Waals surface area contributed by atoms with E-state index in [1.807, 2.05) is 48.5 Å². The number of halogens is 3. The van der Waals surface area contributed by atoms with Crippen molar-refractivity contribution in [3.05, 3.63) is 81.8 Å². The number of nitrogens with zero attached hydrogens (tertiary/aromatic N) is 2. The van der Waals surface area contributed by atoms with Gasteiger partial charge in [0.25, 0.3) is 0 Å². The van der Waals surface area contributed by atoms with Gasteiger partial charge in [0.1, 0.15) is 10.7 Å². The number of rotatable bonds is 5. The smallest absolute Gasteiger partial charge is 0.234 e. The molecule has 0 spiro atoms. The molecule has 0 fully saturated rings. The van der Waals surface area contributed by atoms with Crippen molar-refractivity contribution in [2.45, 2.75) is 5.03 Å². The molecule has 1 amide bonds. The molecule has 0 bridgehead atoms. The second kappa shape index (κ2) is 9.23. The van der Waals surface area contributed by atoms with Gasteiger partial charge in [-0.1, -0.05) is 83.0 Å². The number of thioether (sulfide) groups is 1. The lowest BCUT2D eigenvalue weighted by molar-refractivity contribution is -0.113. The summed E-state index contributed by atoms with van der Waals surface area (Å²) in [5.41, 5.74) is 2.21. The molecule has 1 aromatic heterocycles. The number of benzene rings is 3. The van der Waals surface area contributed by atoms with Crippen LogP contribution in [0.1, 0.15) is 0 Å². The van der Waals surface area contributed by atoms with Crippen LogP contribution in [-0.2, 0) is 4.79 Å². The Hall–Kier alpha value is -2.31. The van der Waals surface area contributed by atoms with Crippen LogP contribution in [0.2, 0.25) is 15.1 Å². The summed E-state index contributed by atoms with van der Waals surface area (Å²) in [4.78, 5) is 12.4. The van der Waals surface area contributed by atoms with Gasteiger partial charge >= 0.3 is 0 Å². The van der Waals surface area contributed by atoms with Gasteiger partial charge in [0.2, 0.25) is 5.91 Å². The molecule has 0 unspecified atom stereocenters. The molecular formula is C22H14Cl3N3OS. The van der Waals surface area contributed by atoms with Crippen molar-refractivity contribution >= 4 is 68.9 Å². The molecule has 3 aromatic carbocycles. The summed E-state index contributed by atoms with van der Waals surface area (Å²) in [7, 11) is 0. The first kappa shape index (κ1) is 20.9. The molecule has 0 aliphatic carbocycles. The number of nitrogens with one attached hydrogen (secondary N) is 1. The number of amides is 1. The van der Waals surface area contributed by atoms with E-state index in [1.165, 1.54) is 11.8 Å². The molecule has 8 heteroatoms. The zero-order valence-electron chi connectivity index (χ0n) is 15.4. The maximum atomic E-state index is 12.4. The van der Waals surface area contributed by atoms with Crippen LogP contribution in [-0.4, -0.2) is 21.9 Å². The Kier molecular flexibility index (Phi) is 6.44. The van der Waals surface area contributed by atoms with Gasteiger partial charge in [-0.2, -0.15) is 0 Å². The van der Waals surface area contributed by atoms with Crippen LogP contribution in [0.4, 0.5) is 5.69 Å². The Morgan fingerprint density at radius 3 is 2.30 bits per heavy atom. The van der Waals surface area contributed by atoms with Crippen LogP contribution >= 0.6 is 46.6 Å². The molecule has 0 atom stereocenters. The van der Waals surface area contributed by atoms with E-state index in [9.17, 15) is 4.79 Å². The Bertz CT molecular complexity index is 1230. The van der Waals surface area contributed by atoms with Crippen LogP contribution in [0.3, 0.4) is 0 Å². The molecule has 0 saturated heterocycles. The third-order valence-corrected chi connectivity index (χ3v) is 6.10. The highest BCUT2D eigenvalue weighted by Crippen LogP contribution is 2.32. The summed E-state index contributed by atoms with van der Waals surface area (Å²) in [6.07, 6.45) is 0. The normalized spacial score (nSPS) is 10.9. The molecule has 4 rings (SSSR count). The van der Waals surface area contributed by atoms with Crippen molar-refractivity contribution in [2.24, 2.45) is 0 Å².